The summed E-state index contributed by atoms with van der Waals surface area (Å²) in [4.78, 5) is 0. The Morgan fingerprint density at radius 2 is 0.500 bits per heavy atom. The Morgan fingerprint density at radius 1 is 0.500 bits per heavy atom. The van der Waals surface area contributed by atoms with E-state index in [0.717, 1.165) is 0 Å². The van der Waals surface area contributed by atoms with Crippen molar-refractivity contribution in [1.29, 1.82) is 0 Å². The first kappa shape index (κ1) is 473. The van der Waals surface area contributed by atoms with Gasteiger partial charge in [0.2, 0.25) is 0 Å². The van der Waals surface area contributed by atoms with E-state index in [-0.39, 0.29) is 57.6 Å². The molecule has 0 aliphatic rings. The predicted octanol–water partition coefficient (Wildman–Crippen LogP) is 2.52. The van der Waals surface area contributed by atoms with E-state index in [1.165, 1.54) is 0 Å². The molecule has 0 aromatic heterocycles. The Balaban J connectivity index is 0. The van der Waals surface area contributed by atoms with Crippen LogP contribution in [0.15, 0.2) is 0 Å². The van der Waals surface area contributed by atoms with E-state index in [2.05, 4.69) is 0 Å². The molecule has 0 bridgehead atoms. The van der Waals surface area contributed by atoms with Gasteiger partial charge in [-0.05, 0) is 0 Å². The minimum atomic E-state index is 0. The molecule has 0 saturated heterocycles. The zero-order chi connectivity index (χ0) is 0. The Kier molecular flexibility index (Phi) is 21500. The van der Waals surface area contributed by atoms with E-state index in [1.54, 1.807) is 0 Å². The van der Waals surface area contributed by atoms with Gasteiger partial charge >= 0.3 is 0 Å². The maximum Gasteiger partial charge on any atom is 0 e. The van der Waals surface area contributed by atoms with Crippen molar-refractivity contribution < 1.29 is 21.7 Å². The average Bonchev–Trinajstić information content (AvgIpc) is 0. The third-order valence-corrected chi connectivity index (χ3v) is 0. The van der Waals surface area contributed by atoms with Gasteiger partial charge in [0.05, 0.1) is 0 Å². The first-order valence-corrected chi connectivity index (χ1v) is 0. The molecule has 0 spiro atoms. The van der Waals surface area contributed by atoms with Crippen LogP contribution in [0.25, 0.3) is 6.15 Å². The Bertz CT molecular complexity index is 7.51. The quantitative estimate of drug-likeness (QED) is 0.351. The van der Waals surface area contributed by atoms with Gasteiger partial charge in [-0.2, -0.15) is 0 Å². The van der Waals surface area contributed by atoms with Gasteiger partial charge < -0.3 is 35.9 Å². The van der Waals surface area contributed by atoms with E-state index >= 15 is 0 Å². The van der Waals surface area contributed by atoms with Crippen molar-refractivity contribution in [3.8, 4) is 0 Å². The molecule has 0 fully saturated rings. The maximum absolute atomic E-state index is 0. The minimum Gasteiger partial charge on any atom is -0.693 e. The molecular formula is C4H14NTi-5. The van der Waals surface area contributed by atoms with Gasteiger partial charge in [-0.1, -0.05) is 0 Å². The monoisotopic (exact) mass is 124 g/mol. The molecule has 0 aliphatic heterocycles. The molecule has 0 aromatic rings. The van der Waals surface area contributed by atoms with Crippen molar-refractivity contribution in [2.75, 3.05) is 0 Å². The summed E-state index contributed by atoms with van der Waals surface area (Å²) in [6, 6.07) is 0. The minimum absolute atomic E-state index is 0. The summed E-state index contributed by atoms with van der Waals surface area (Å²) in [7, 11) is 0. The van der Waals surface area contributed by atoms with Crippen molar-refractivity contribution in [3.63, 3.8) is 0 Å². The summed E-state index contributed by atoms with van der Waals surface area (Å²) in [5.41, 5.74) is 0. The average molecular weight is 124 g/mol. The van der Waals surface area contributed by atoms with E-state index < -0.39 is 0 Å². The van der Waals surface area contributed by atoms with Gasteiger partial charge in [-0.3, -0.25) is 0 Å². The third kappa shape index (κ3) is 139. The van der Waals surface area contributed by atoms with Crippen LogP contribution in [-0.4, -0.2) is 0 Å². The second-order valence-electron chi connectivity index (χ2n) is 0. The largest absolute Gasteiger partial charge is 0.693 e. The summed E-state index contributed by atoms with van der Waals surface area (Å²) >= 11 is 0. The van der Waals surface area contributed by atoms with Crippen molar-refractivity contribution in [1.82, 2.24) is 0 Å². The zero-order valence-electron chi connectivity index (χ0n) is 5.08. The van der Waals surface area contributed by atoms with Crippen molar-refractivity contribution in [2.45, 2.75) is 0 Å². The van der Waals surface area contributed by atoms with Crippen LogP contribution in [-0.2, 0) is 21.7 Å². The molecule has 0 aromatic carbocycles. The van der Waals surface area contributed by atoms with Crippen LogP contribution in [0.3, 0.4) is 0 Å². The van der Waals surface area contributed by atoms with E-state index in [4.69, 9.17) is 0 Å². The normalized spacial score (nSPS) is 0. The van der Waals surface area contributed by atoms with Crippen LogP contribution in [0.2, 0.25) is 0 Å². The van der Waals surface area contributed by atoms with Crippen LogP contribution in [0.5, 0.6) is 0 Å². The summed E-state index contributed by atoms with van der Waals surface area (Å²) in [6.07, 6.45) is 0. The third-order valence-electron chi connectivity index (χ3n) is 0. The fourth-order valence-electron chi connectivity index (χ4n) is 0. The van der Waals surface area contributed by atoms with Crippen molar-refractivity contribution in [2.24, 2.45) is 0 Å². The van der Waals surface area contributed by atoms with E-state index in [1.807, 2.05) is 0 Å². The van der Waals surface area contributed by atoms with E-state index in [0.29, 0.717) is 0 Å². The molecule has 0 aliphatic carbocycles. The van der Waals surface area contributed by atoms with Crippen molar-refractivity contribution in [3.05, 3.63) is 35.9 Å². The molecule has 44 valence electrons. The van der Waals surface area contributed by atoms with Gasteiger partial charge in [0.1, 0.15) is 0 Å². The van der Waals surface area contributed by atoms with Gasteiger partial charge in [0, 0.05) is 21.7 Å². The molecule has 0 amide bonds. The van der Waals surface area contributed by atoms with Crippen LogP contribution < -0.4 is 0 Å². The van der Waals surface area contributed by atoms with Gasteiger partial charge in [0.15, 0.2) is 0 Å². The van der Waals surface area contributed by atoms with Crippen LogP contribution in [0.4, 0.5) is 0 Å². The van der Waals surface area contributed by atoms with Crippen LogP contribution in [0, 0.1) is 29.7 Å². The number of hydrogen-bond acceptors (Lipinski definition) is 0. The molecule has 2 heteroatoms. The first-order valence-electron chi connectivity index (χ1n) is 0. The van der Waals surface area contributed by atoms with Crippen molar-refractivity contribution >= 4 is 0 Å². The predicted molar refractivity (Wildman–Crippen MR) is 30.9 cm³/mol. The molecule has 0 atom stereocenters. The standard InChI is InChI=1S/4CH3.H2N.Ti/h4*1H3;1H2;/q5*-1;. The second-order valence-corrected chi connectivity index (χ2v) is 0. The fraction of sp³-hybridized carbons (Fsp3) is 0. The van der Waals surface area contributed by atoms with Gasteiger partial charge in [-0.25, -0.2) is 0 Å². The summed E-state index contributed by atoms with van der Waals surface area (Å²) in [5, 5.41) is 0. The molecule has 0 saturated carbocycles. The van der Waals surface area contributed by atoms with Crippen LogP contribution in [0.1, 0.15) is 0 Å². The Morgan fingerprint density at radius 3 is 0.500 bits per heavy atom. The molecule has 6 heavy (non-hydrogen) atoms. The van der Waals surface area contributed by atoms with Crippen LogP contribution >= 0.6 is 0 Å². The molecule has 2 N–H and O–H groups in total. The first-order chi connectivity index (χ1) is 0. The number of rotatable bonds is 0. The summed E-state index contributed by atoms with van der Waals surface area (Å²) < 4.78 is 0. The number of nitrogens with two attached hydrogens (primary N) is 1. The summed E-state index contributed by atoms with van der Waals surface area (Å²) in [6.45, 7) is 0. The Hall–Kier alpha value is 0.674. The maximum atomic E-state index is 0. The number of hydrogen-bond donors (Lipinski definition) is 0. The molecule has 0 radical (unpaired) electrons. The smallest absolute Gasteiger partial charge is 0 e. The van der Waals surface area contributed by atoms with Gasteiger partial charge in [-0.15, -0.1) is 0 Å². The molecule has 0 rings (SSSR count). The SMILES string of the molecule is [CH3-].[CH3-].[CH3-].[CH3-].[NH2-].[Ti]. The van der Waals surface area contributed by atoms with Gasteiger partial charge in [0.25, 0.3) is 0 Å². The second kappa shape index (κ2) is 273. The molecule has 1 nitrogen and oxygen atoms in total. The Labute approximate surface area is 58.0 Å². The summed E-state index contributed by atoms with van der Waals surface area (Å²) in [5.74, 6) is 0. The fourth-order valence-corrected chi connectivity index (χ4v) is 0. The molecule has 0 heterocycles. The zero-order valence-corrected chi connectivity index (χ0v) is 6.64. The molecule has 0 unspecified atom stereocenters. The molecular weight excluding hydrogens is 110 g/mol. The van der Waals surface area contributed by atoms with E-state index in [9.17, 15) is 0 Å². The topological polar surface area (TPSA) is 33.5 Å².